The summed E-state index contributed by atoms with van der Waals surface area (Å²) in [5.41, 5.74) is 1.71. The molecular weight excluding hydrogens is 274 g/mol. The van der Waals surface area contributed by atoms with Crippen molar-refractivity contribution in [3.05, 3.63) is 36.2 Å². The van der Waals surface area contributed by atoms with Crippen molar-refractivity contribution in [2.24, 2.45) is 0 Å². The number of tetrazole rings is 1. The van der Waals surface area contributed by atoms with Crippen LogP contribution in [0.3, 0.4) is 0 Å². The molecule has 1 aromatic carbocycles. The smallest absolute Gasteiger partial charge is 0.305 e. The van der Waals surface area contributed by atoms with Crippen LogP contribution in [-0.2, 0) is 16.1 Å². The third kappa shape index (κ3) is 4.10. The van der Waals surface area contributed by atoms with Crippen LogP contribution in [0.5, 0.6) is 0 Å². The SMILES string of the molecule is Cc1ccc(N(CCC(=O)O)C(=O)Cn2cnnn2)cc1. The number of carboxylic acid groups (broad SMARTS) is 1. The van der Waals surface area contributed by atoms with Gasteiger partial charge in [0.2, 0.25) is 5.91 Å². The van der Waals surface area contributed by atoms with E-state index in [0.717, 1.165) is 5.56 Å². The standard InChI is InChI=1S/C13H15N5O3/c1-10-2-4-11(5-3-10)18(7-6-13(20)21)12(19)8-17-9-14-15-16-17/h2-5,9H,6-8H2,1H3,(H,20,21). The average molecular weight is 289 g/mol. The molecule has 1 aromatic heterocycles. The molecule has 8 nitrogen and oxygen atoms in total. The molecule has 21 heavy (non-hydrogen) atoms. The van der Waals surface area contributed by atoms with Crippen LogP contribution in [0.2, 0.25) is 0 Å². The molecule has 0 bridgehead atoms. The van der Waals surface area contributed by atoms with E-state index in [2.05, 4.69) is 15.5 Å². The summed E-state index contributed by atoms with van der Waals surface area (Å²) in [4.78, 5) is 24.5. The molecule has 1 amide bonds. The molecule has 0 atom stereocenters. The first-order chi connectivity index (χ1) is 10.1. The summed E-state index contributed by atoms with van der Waals surface area (Å²) in [6.45, 7) is 1.99. The van der Waals surface area contributed by atoms with Gasteiger partial charge in [0.1, 0.15) is 12.9 Å². The summed E-state index contributed by atoms with van der Waals surface area (Å²) in [5, 5.41) is 19.4. The molecular formula is C13H15N5O3. The Bertz CT molecular complexity index is 609. The van der Waals surface area contributed by atoms with E-state index in [1.54, 1.807) is 12.1 Å². The number of hydrogen-bond donors (Lipinski definition) is 1. The lowest BCUT2D eigenvalue weighted by molar-refractivity contribution is -0.136. The summed E-state index contributed by atoms with van der Waals surface area (Å²) in [6, 6.07) is 7.31. The van der Waals surface area contributed by atoms with Crippen molar-refractivity contribution >= 4 is 17.6 Å². The number of carboxylic acids is 1. The second kappa shape index (κ2) is 6.60. The molecule has 2 aromatic rings. The van der Waals surface area contributed by atoms with Crippen LogP contribution in [0.1, 0.15) is 12.0 Å². The highest BCUT2D eigenvalue weighted by molar-refractivity contribution is 5.93. The highest BCUT2D eigenvalue weighted by Crippen LogP contribution is 2.16. The van der Waals surface area contributed by atoms with Gasteiger partial charge in [-0.05, 0) is 29.5 Å². The van der Waals surface area contributed by atoms with Gasteiger partial charge in [-0.3, -0.25) is 9.59 Å². The number of aromatic nitrogens is 4. The number of carbonyl (C=O) groups is 2. The number of aryl methyl sites for hydroxylation is 1. The summed E-state index contributed by atoms with van der Waals surface area (Å²) >= 11 is 0. The third-order valence-corrected chi connectivity index (χ3v) is 2.88. The Balaban J connectivity index is 2.16. The van der Waals surface area contributed by atoms with E-state index in [0.29, 0.717) is 5.69 Å². The number of carbonyl (C=O) groups excluding carboxylic acids is 1. The molecule has 0 aliphatic carbocycles. The van der Waals surface area contributed by atoms with Gasteiger partial charge in [0, 0.05) is 12.2 Å². The zero-order valence-corrected chi connectivity index (χ0v) is 11.5. The first-order valence-corrected chi connectivity index (χ1v) is 6.36. The molecule has 2 rings (SSSR count). The molecule has 0 fully saturated rings. The Morgan fingerprint density at radius 1 is 1.29 bits per heavy atom. The minimum absolute atomic E-state index is 0.0412. The Morgan fingerprint density at radius 2 is 2.00 bits per heavy atom. The fraction of sp³-hybridized carbons (Fsp3) is 0.308. The van der Waals surface area contributed by atoms with Crippen LogP contribution in [0.25, 0.3) is 0 Å². The zero-order chi connectivity index (χ0) is 15.2. The molecule has 0 aliphatic heterocycles. The summed E-state index contributed by atoms with van der Waals surface area (Å²) in [7, 11) is 0. The van der Waals surface area contributed by atoms with Crippen LogP contribution < -0.4 is 4.90 Å². The van der Waals surface area contributed by atoms with E-state index >= 15 is 0 Å². The summed E-state index contributed by atoms with van der Waals surface area (Å²) in [6.07, 6.45) is 1.21. The van der Waals surface area contributed by atoms with Crippen LogP contribution in [0.4, 0.5) is 5.69 Å². The zero-order valence-electron chi connectivity index (χ0n) is 11.5. The first kappa shape index (κ1) is 14.6. The molecule has 1 N–H and O–H groups in total. The van der Waals surface area contributed by atoms with Gasteiger partial charge in [-0.15, -0.1) is 5.10 Å². The van der Waals surface area contributed by atoms with Crippen LogP contribution in [0.15, 0.2) is 30.6 Å². The molecule has 0 saturated carbocycles. The van der Waals surface area contributed by atoms with Crippen molar-refractivity contribution in [3.8, 4) is 0 Å². The van der Waals surface area contributed by atoms with E-state index in [9.17, 15) is 9.59 Å². The van der Waals surface area contributed by atoms with Crippen molar-refractivity contribution in [1.29, 1.82) is 0 Å². The predicted octanol–water partition coefficient (Wildman–Crippen LogP) is 0.489. The number of nitrogens with zero attached hydrogens (tertiary/aromatic N) is 5. The van der Waals surface area contributed by atoms with Gasteiger partial charge in [-0.1, -0.05) is 17.7 Å². The molecule has 110 valence electrons. The number of amides is 1. The topological polar surface area (TPSA) is 101 Å². The lowest BCUT2D eigenvalue weighted by Crippen LogP contribution is -2.35. The lowest BCUT2D eigenvalue weighted by atomic mass is 10.2. The fourth-order valence-electron chi connectivity index (χ4n) is 1.81. The Labute approximate surface area is 121 Å². The Morgan fingerprint density at radius 3 is 2.57 bits per heavy atom. The maximum atomic E-state index is 12.3. The molecule has 1 heterocycles. The van der Waals surface area contributed by atoms with Crippen molar-refractivity contribution in [2.45, 2.75) is 19.9 Å². The first-order valence-electron chi connectivity index (χ1n) is 6.36. The van der Waals surface area contributed by atoms with Crippen molar-refractivity contribution < 1.29 is 14.7 Å². The quantitative estimate of drug-likeness (QED) is 0.830. The van der Waals surface area contributed by atoms with Gasteiger partial charge < -0.3 is 10.0 Å². The minimum atomic E-state index is -0.956. The molecule has 8 heteroatoms. The number of anilines is 1. The van der Waals surface area contributed by atoms with Crippen molar-refractivity contribution in [1.82, 2.24) is 20.2 Å². The van der Waals surface area contributed by atoms with Gasteiger partial charge in [0.05, 0.1) is 6.42 Å². The van der Waals surface area contributed by atoms with E-state index in [1.165, 1.54) is 15.9 Å². The Kier molecular flexibility index (Phi) is 4.60. The van der Waals surface area contributed by atoms with Crippen molar-refractivity contribution in [2.75, 3.05) is 11.4 Å². The van der Waals surface area contributed by atoms with Gasteiger partial charge >= 0.3 is 5.97 Å². The molecule has 0 aliphatic rings. The fourth-order valence-corrected chi connectivity index (χ4v) is 1.81. The number of benzene rings is 1. The van der Waals surface area contributed by atoms with Gasteiger partial charge in [-0.25, -0.2) is 4.68 Å². The highest BCUT2D eigenvalue weighted by atomic mass is 16.4. The van der Waals surface area contributed by atoms with E-state index in [-0.39, 0.29) is 25.4 Å². The summed E-state index contributed by atoms with van der Waals surface area (Å²) < 4.78 is 1.30. The van der Waals surface area contributed by atoms with Gasteiger partial charge in [0.25, 0.3) is 0 Å². The normalized spacial score (nSPS) is 10.3. The van der Waals surface area contributed by atoms with E-state index < -0.39 is 5.97 Å². The van der Waals surface area contributed by atoms with E-state index in [4.69, 9.17) is 5.11 Å². The maximum absolute atomic E-state index is 12.3. The molecule has 0 unspecified atom stereocenters. The molecule has 0 saturated heterocycles. The van der Waals surface area contributed by atoms with Gasteiger partial charge in [-0.2, -0.15) is 0 Å². The van der Waals surface area contributed by atoms with Gasteiger partial charge in [0.15, 0.2) is 0 Å². The minimum Gasteiger partial charge on any atom is -0.481 e. The monoisotopic (exact) mass is 289 g/mol. The van der Waals surface area contributed by atoms with Crippen molar-refractivity contribution in [3.63, 3.8) is 0 Å². The van der Waals surface area contributed by atoms with Crippen LogP contribution in [0, 0.1) is 6.92 Å². The second-order valence-electron chi connectivity index (χ2n) is 4.53. The maximum Gasteiger partial charge on any atom is 0.305 e. The Hall–Kier alpha value is -2.77. The largest absolute Gasteiger partial charge is 0.481 e. The average Bonchev–Trinajstić information content (AvgIpc) is 2.93. The third-order valence-electron chi connectivity index (χ3n) is 2.88. The predicted molar refractivity (Wildman–Crippen MR) is 73.6 cm³/mol. The number of aliphatic carboxylic acids is 1. The van der Waals surface area contributed by atoms with Crippen LogP contribution in [-0.4, -0.2) is 43.7 Å². The molecule has 0 radical (unpaired) electrons. The highest BCUT2D eigenvalue weighted by Gasteiger charge is 2.17. The summed E-state index contributed by atoms with van der Waals surface area (Å²) in [5.74, 6) is -1.23. The number of hydrogen-bond acceptors (Lipinski definition) is 5. The van der Waals surface area contributed by atoms with Crippen LogP contribution >= 0.6 is 0 Å². The molecule has 0 spiro atoms. The lowest BCUT2D eigenvalue weighted by Gasteiger charge is -2.22. The van der Waals surface area contributed by atoms with E-state index in [1.807, 2.05) is 19.1 Å². The second-order valence-corrected chi connectivity index (χ2v) is 4.53. The number of rotatable bonds is 6.